The smallest absolute Gasteiger partial charge is 0.0595 e. The van der Waals surface area contributed by atoms with Gasteiger partial charge in [-0.25, -0.2) is 0 Å². The minimum Gasteiger partial charge on any atom is -0.104 e. The van der Waals surface area contributed by atoms with Crippen molar-refractivity contribution in [3.05, 3.63) is 12.7 Å². The molecule has 0 aromatic heterocycles. The summed E-state index contributed by atoms with van der Waals surface area (Å²) in [6, 6.07) is 0. The van der Waals surface area contributed by atoms with Gasteiger partial charge in [-0.2, -0.15) is 0 Å². The highest BCUT2D eigenvalue weighted by Gasteiger charge is 1.75. The summed E-state index contributed by atoms with van der Waals surface area (Å²) in [5, 5.41) is 0. The predicted molar refractivity (Wildman–Crippen MR) is 32.3 cm³/mol. The molecule has 0 amide bonds. The SMILES string of the molecule is [B][B][B]CC=C. The Morgan fingerprint density at radius 2 is 2.50 bits per heavy atom. The van der Waals surface area contributed by atoms with Crippen LogP contribution in [-0.2, 0) is 0 Å². The van der Waals surface area contributed by atoms with Crippen molar-refractivity contribution in [2.45, 2.75) is 6.32 Å². The highest BCUT2D eigenvalue weighted by atomic mass is 13.4. The molecule has 0 aromatic carbocycles. The fraction of sp³-hybridized carbons (Fsp3) is 0.333. The summed E-state index contributed by atoms with van der Waals surface area (Å²) in [5.41, 5.74) is 0. The molecule has 0 atom stereocenters. The summed E-state index contributed by atoms with van der Waals surface area (Å²) < 4.78 is 0. The molecule has 0 rings (SSSR count). The first-order valence-corrected chi connectivity index (χ1v) is 1.89. The van der Waals surface area contributed by atoms with E-state index in [1.54, 1.807) is 6.08 Å². The van der Waals surface area contributed by atoms with Gasteiger partial charge in [-0.1, -0.05) is 6.32 Å². The van der Waals surface area contributed by atoms with E-state index in [-0.39, 0.29) is 0 Å². The van der Waals surface area contributed by atoms with Crippen LogP contribution in [0.3, 0.4) is 0 Å². The van der Waals surface area contributed by atoms with Crippen molar-refractivity contribution < 1.29 is 0 Å². The number of hydrogen-bond donors (Lipinski definition) is 0. The third kappa shape index (κ3) is 3.93. The molecule has 3 heteroatoms. The van der Waals surface area contributed by atoms with Crippen LogP contribution in [0.1, 0.15) is 0 Å². The zero-order valence-electron chi connectivity index (χ0n) is 3.72. The van der Waals surface area contributed by atoms with Gasteiger partial charge in [0.25, 0.3) is 0 Å². The molecule has 4 radical (unpaired) electrons. The van der Waals surface area contributed by atoms with Crippen molar-refractivity contribution in [1.82, 2.24) is 0 Å². The molecule has 0 heterocycles. The van der Waals surface area contributed by atoms with Gasteiger partial charge < -0.3 is 0 Å². The third-order valence-corrected chi connectivity index (χ3v) is 0.439. The maximum atomic E-state index is 4.99. The zero-order valence-corrected chi connectivity index (χ0v) is 3.72. The van der Waals surface area contributed by atoms with E-state index in [4.69, 9.17) is 7.74 Å². The van der Waals surface area contributed by atoms with Crippen molar-refractivity contribution in [3.8, 4) is 0 Å². The maximum absolute atomic E-state index is 4.99. The molecule has 0 fully saturated rings. The number of rotatable bonds is 3. The minimum absolute atomic E-state index is 0.872. The fourth-order valence-corrected chi connectivity index (χ4v) is 0.175. The summed E-state index contributed by atoms with van der Waals surface area (Å²) in [7, 11) is 8.34. The molecule has 0 bridgehead atoms. The van der Waals surface area contributed by atoms with Gasteiger partial charge in [-0.05, 0) is 0 Å². The van der Waals surface area contributed by atoms with Gasteiger partial charge >= 0.3 is 0 Å². The quantitative estimate of drug-likeness (QED) is 0.251. The summed E-state index contributed by atoms with van der Waals surface area (Å²) >= 11 is 0. The summed E-state index contributed by atoms with van der Waals surface area (Å²) in [5.74, 6) is 0. The Morgan fingerprint density at radius 3 is 2.67 bits per heavy atom. The van der Waals surface area contributed by atoms with E-state index in [1.807, 2.05) is 7.17 Å². The molecule has 6 heavy (non-hydrogen) atoms. The molecule has 0 saturated heterocycles. The van der Waals surface area contributed by atoms with Crippen LogP contribution in [0, 0.1) is 0 Å². The molecular weight excluding hydrogens is 68.5 g/mol. The van der Waals surface area contributed by atoms with E-state index in [2.05, 4.69) is 6.58 Å². The van der Waals surface area contributed by atoms with Gasteiger partial charge in [-0.15, -0.1) is 12.7 Å². The van der Waals surface area contributed by atoms with Gasteiger partial charge in [-0.3, -0.25) is 0 Å². The molecule has 0 aliphatic carbocycles. The van der Waals surface area contributed by atoms with Gasteiger partial charge in [0.2, 0.25) is 0 Å². The van der Waals surface area contributed by atoms with E-state index in [0.29, 0.717) is 0 Å². The Balaban J connectivity index is 2.49. The Labute approximate surface area is 41.9 Å². The molecule has 0 nitrogen and oxygen atoms in total. The molecule has 0 aromatic rings. The second kappa shape index (κ2) is 4.93. The van der Waals surface area contributed by atoms with Crippen molar-refractivity contribution in [2.24, 2.45) is 0 Å². The van der Waals surface area contributed by atoms with E-state index in [9.17, 15) is 0 Å². The molecular formula is C3H5B3. The molecule has 0 aliphatic heterocycles. The average Bonchev–Trinajstić information content (AvgIpc) is 1.61. The molecule has 0 N–H and O–H groups in total. The van der Waals surface area contributed by atoms with Crippen LogP contribution in [0.15, 0.2) is 12.7 Å². The Bertz CT molecular complexity index is 35.0. The normalized spacial score (nSPS) is 6.67. The summed E-state index contributed by atoms with van der Waals surface area (Å²) in [6.45, 7) is 3.49. The molecule has 0 spiro atoms. The molecule has 0 saturated carbocycles. The van der Waals surface area contributed by atoms with Gasteiger partial charge in [0.05, 0.1) is 7.17 Å². The highest BCUT2D eigenvalue weighted by Crippen LogP contribution is 1.71. The largest absolute Gasteiger partial charge is 0.104 e. The second-order valence-electron chi connectivity index (χ2n) is 0.953. The Kier molecular flexibility index (Phi) is 4.88. The van der Waals surface area contributed by atoms with Gasteiger partial charge in [0, 0.05) is 14.8 Å². The fourth-order valence-electron chi connectivity index (χ4n) is 0.175. The molecule has 26 valence electrons. The first-order valence-electron chi connectivity index (χ1n) is 1.89. The second-order valence-corrected chi connectivity index (χ2v) is 0.953. The summed E-state index contributed by atoms with van der Waals surface area (Å²) in [4.78, 5) is 0. The van der Waals surface area contributed by atoms with Crippen LogP contribution in [0.2, 0.25) is 6.32 Å². The lowest BCUT2D eigenvalue weighted by Gasteiger charge is -1.78. The van der Waals surface area contributed by atoms with Crippen molar-refractivity contribution in [2.75, 3.05) is 0 Å². The van der Waals surface area contributed by atoms with Crippen molar-refractivity contribution >= 4 is 22.0 Å². The monoisotopic (exact) mass is 74.1 g/mol. The standard InChI is InChI=1S/C3H5B3/c1-2-3-5-6-4/h2H,1,3H2. The van der Waals surface area contributed by atoms with Crippen LogP contribution in [0.4, 0.5) is 0 Å². The lowest BCUT2D eigenvalue weighted by atomic mass is 9.27. The summed E-state index contributed by atoms with van der Waals surface area (Å²) in [6.07, 6.45) is 2.67. The minimum atomic E-state index is 0.872. The van der Waals surface area contributed by atoms with E-state index in [0.717, 1.165) is 6.32 Å². The van der Waals surface area contributed by atoms with Crippen molar-refractivity contribution in [1.29, 1.82) is 0 Å². The maximum Gasteiger partial charge on any atom is 0.0595 e. The average molecular weight is 73.5 g/mol. The first kappa shape index (κ1) is 5.93. The lowest BCUT2D eigenvalue weighted by molar-refractivity contribution is 1.75. The topological polar surface area (TPSA) is 0 Å². The lowest BCUT2D eigenvalue weighted by Crippen LogP contribution is -1.99. The van der Waals surface area contributed by atoms with Crippen LogP contribution in [-0.4, -0.2) is 22.0 Å². The molecule has 0 aliphatic rings. The predicted octanol–water partition coefficient (Wildman–Crippen LogP) is -0.00240. The van der Waals surface area contributed by atoms with E-state index >= 15 is 0 Å². The van der Waals surface area contributed by atoms with Crippen LogP contribution >= 0.6 is 0 Å². The number of allylic oxidation sites excluding steroid dienone is 1. The van der Waals surface area contributed by atoms with E-state index < -0.39 is 0 Å². The molecule has 0 unspecified atom stereocenters. The third-order valence-electron chi connectivity index (χ3n) is 0.439. The van der Waals surface area contributed by atoms with E-state index in [1.165, 1.54) is 7.06 Å². The zero-order chi connectivity index (χ0) is 4.83. The highest BCUT2D eigenvalue weighted by molar-refractivity contribution is 7.23. The van der Waals surface area contributed by atoms with Gasteiger partial charge in [0.1, 0.15) is 0 Å². The van der Waals surface area contributed by atoms with Gasteiger partial charge in [0.15, 0.2) is 0 Å². The Morgan fingerprint density at radius 1 is 1.83 bits per heavy atom. The Hall–Kier alpha value is -0.0652. The van der Waals surface area contributed by atoms with Crippen molar-refractivity contribution in [3.63, 3.8) is 0 Å². The van der Waals surface area contributed by atoms with Crippen LogP contribution in [0.5, 0.6) is 0 Å². The first-order chi connectivity index (χ1) is 2.91. The number of hydrogen-bond acceptors (Lipinski definition) is 0. The van der Waals surface area contributed by atoms with Crippen LogP contribution in [0.25, 0.3) is 0 Å². The van der Waals surface area contributed by atoms with Crippen LogP contribution < -0.4 is 0 Å².